The van der Waals surface area contributed by atoms with E-state index in [0.717, 1.165) is 29.4 Å². The number of hydrogen-bond donors (Lipinski definition) is 3. The van der Waals surface area contributed by atoms with E-state index in [0.29, 0.717) is 0 Å². The molecule has 1 atom stereocenters. The molecule has 0 saturated heterocycles. The second-order valence-electron chi connectivity index (χ2n) is 7.13. The van der Waals surface area contributed by atoms with Crippen molar-refractivity contribution in [2.45, 2.75) is 18.4 Å². The van der Waals surface area contributed by atoms with Gasteiger partial charge in [0.05, 0.1) is 20.1 Å². The van der Waals surface area contributed by atoms with Crippen molar-refractivity contribution < 1.29 is 33.8 Å². The molecule has 170 valence electrons. The molecular formula is C24H22N2O7. The van der Waals surface area contributed by atoms with Crippen LogP contribution in [0.2, 0.25) is 0 Å². The molecule has 9 nitrogen and oxygen atoms in total. The number of methoxy groups -OCH3 is 1. The minimum Gasteiger partial charge on any atom is -0.480 e. The molecule has 3 N–H and O–H groups in total. The zero-order chi connectivity index (χ0) is 23.8. The molecular weight excluding hydrogens is 428 g/mol. The summed E-state index contributed by atoms with van der Waals surface area (Å²) in [4.78, 5) is 46.1. The molecule has 1 aliphatic rings. The van der Waals surface area contributed by atoms with Gasteiger partial charge in [-0.05, 0) is 28.2 Å². The Hall–Kier alpha value is -4.32. The summed E-state index contributed by atoms with van der Waals surface area (Å²) in [5, 5.41) is 13.6. The van der Waals surface area contributed by atoms with Crippen LogP contribution in [-0.2, 0) is 23.9 Å². The molecule has 0 aliphatic heterocycles. The number of carboxylic acids is 1. The van der Waals surface area contributed by atoms with Crippen molar-refractivity contribution in [3.63, 3.8) is 0 Å². The predicted molar refractivity (Wildman–Crippen MR) is 117 cm³/mol. The number of carbonyl (C=O) groups is 4. The Bertz CT molecular complexity index is 1090. The number of benzene rings is 2. The van der Waals surface area contributed by atoms with Gasteiger partial charge >= 0.3 is 18.0 Å². The molecule has 2 amide bonds. The third-order valence-electron chi connectivity index (χ3n) is 5.07. The Morgan fingerprint density at radius 2 is 1.64 bits per heavy atom. The van der Waals surface area contributed by atoms with Crippen LogP contribution in [0.15, 0.2) is 48.5 Å². The van der Waals surface area contributed by atoms with Gasteiger partial charge < -0.3 is 25.2 Å². The highest BCUT2D eigenvalue weighted by Gasteiger charge is 2.29. The SMILES string of the molecule is COC(=O)C[C@H](NC(=O)C#CCNC(=O)OCC1c2ccccc2-c2ccccc21)C(=O)O. The zero-order valence-corrected chi connectivity index (χ0v) is 17.8. The molecule has 0 heterocycles. The number of nitrogens with one attached hydrogen (secondary N) is 2. The summed E-state index contributed by atoms with van der Waals surface area (Å²) in [6, 6.07) is 14.4. The molecule has 33 heavy (non-hydrogen) atoms. The number of carboxylic acid groups (broad SMARTS) is 1. The van der Waals surface area contributed by atoms with E-state index in [-0.39, 0.29) is 19.1 Å². The molecule has 2 aromatic carbocycles. The van der Waals surface area contributed by atoms with Crippen LogP contribution in [0, 0.1) is 11.8 Å². The van der Waals surface area contributed by atoms with Crippen molar-refractivity contribution in [3.05, 3.63) is 59.7 Å². The maximum absolute atomic E-state index is 12.1. The Balaban J connectivity index is 1.48. The molecule has 0 unspecified atom stereocenters. The first-order chi connectivity index (χ1) is 15.9. The lowest BCUT2D eigenvalue weighted by molar-refractivity contribution is -0.148. The Morgan fingerprint density at radius 1 is 1.03 bits per heavy atom. The van der Waals surface area contributed by atoms with Gasteiger partial charge in [-0.25, -0.2) is 9.59 Å². The number of esters is 1. The van der Waals surface area contributed by atoms with E-state index < -0.39 is 36.4 Å². The van der Waals surface area contributed by atoms with Crippen LogP contribution in [0.25, 0.3) is 11.1 Å². The van der Waals surface area contributed by atoms with Crippen LogP contribution >= 0.6 is 0 Å². The third-order valence-corrected chi connectivity index (χ3v) is 5.07. The van der Waals surface area contributed by atoms with Crippen molar-refractivity contribution >= 4 is 23.9 Å². The Labute approximate surface area is 190 Å². The smallest absolute Gasteiger partial charge is 0.407 e. The topological polar surface area (TPSA) is 131 Å². The van der Waals surface area contributed by atoms with Crippen LogP contribution in [-0.4, -0.2) is 55.3 Å². The number of aliphatic carboxylic acids is 1. The number of carbonyl (C=O) groups excluding carboxylic acids is 3. The summed E-state index contributed by atoms with van der Waals surface area (Å²) in [6.07, 6.45) is -1.22. The molecule has 3 rings (SSSR count). The number of ether oxygens (including phenoxy) is 2. The molecule has 0 radical (unpaired) electrons. The van der Waals surface area contributed by atoms with E-state index in [1.165, 1.54) is 0 Å². The largest absolute Gasteiger partial charge is 0.480 e. The fourth-order valence-electron chi connectivity index (χ4n) is 3.53. The number of hydrogen-bond acceptors (Lipinski definition) is 6. The molecule has 2 aromatic rings. The Morgan fingerprint density at radius 3 is 2.21 bits per heavy atom. The summed E-state index contributed by atoms with van der Waals surface area (Å²) in [5.74, 6) is 1.39. The number of alkyl carbamates (subject to hydrolysis) is 1. The summed E-state index contributed by atoms with van der Waals surface area (Å²) in [6.45, 7) is -0.0412. The van der Waals surface area contributed by atoms with E-state index >= 15 is 0 Å². The van der Waals surface area contributed by atoms with Crippen molar-refractivity contribution in [3.8, 4) is 23.0 Å². The molecule has 0 fully saturated rings. The minimum absolute atomic E-state index is 0.0808. The van der Waals surface area contributed by atoms with Gasteiger partial charge in [0.25, 0.3) is 5.91 Å². The monoisotopic (exact) mass is 450 g/mol. The lowest BCUT2D eigenvalue weighted by Gasteiger charge is -2.14. The standard InChI is InChI=1S/C24H22N2O7/c1-32-22(28)13-20(23(29)30)26-21(27)11-6-12-25-24(31)33-14-19-17-9-4-2-7-15(17)16-8-3-5-10-18(16)19/h2-5,7-10,19-20H,12-14H2,1H3,(H,25,31)(H,26,27)(H,29,30)/t20-/m0/s1. The second-order valence-corrected chi connectivity index (χ2v) is 7.13. The molecule has 0 spiro atoms. The quantitative estimate of drug-likeness (QED) is 0.432. The van der Waals surface area contributed by atoms with Gasteiger partial charge in [0.2, 0.25) is 0 Å². The maximum atomic E-state index is 12.1. The molecule has 0 saturated carbocycles. The van der Waals surface area contributed by atoms with E-state index in [1.54, 1.807) is 0 Å². The van der Waals surface area contributed by atoms with Gasteiger partial charge in [-0.15, -0.1) is 0 Å². The normalized spacial score (nSPS) is 12.3. The van der Waals surface area contributed by atoms with Crippen LogP contribution < -0.4 is 10.6 Å². The molecule has 9 heteroatoms. The van der Waals surface area contributed by atoms with Crippen LogP contribution in [0.1, 0.15) is 23.5 Å². The van der Waals surface area contributed by atoms with E-state index in [4.69, 9.17) is 9.84 Å². The fraction of sp³-hybridized carbons (Fsp3) is 0.250. The van der Waals surface area contributed by atoms with Gasteiger partial charge in [0, 0.05) is 5.92 Å². The average molecular weight is 450 g/mol. The van der Waals surface area contributed by atoms with Gasteiger partial charge in [-0.2, -0.15) is 0 Å². The van der Waals surface area contributed by atoms with Crippen LogP contribution in [0.4, 0.5) is 4.79 Å². The van der Waals surface area contributed by atoms with Gasteiger partial charge in [-0.3, -0.25) is 9.59 Å². The lowest BCUT2D eigenvalue weighted by atomic mass is 9.98. The molecule has 0 aromatic heterocycles. The van der Waals surface area contributed by atoms with E-state index in [9.17, 15) is 19.2 Å². The first kappa shape index (κ1) is 23.3. The highest BCUT2D eigenvalue weighted by Crippen LogP contribution is 2.44. The minimum atomic E-state index is -1.46. The average Bonchev–Trinajstić information content (AvgIpc) is 3.13. The van der Waals surface area contributed by atoms with Crippen LogP contribution in [0.5, 0.6) is 0 Å². The van der Waals surface area contributed by atoms with E-state index in [2.05, 4.69) is 27.2 Å². The number of fused-ring (bicyclic) bond motifs is 3. The van der Waals surface area contributed by atoms with E-state index in [1.807, 2.05) is 48.5 Å². The number of rotatable bonds is 7. The summed E-state index contributed by atoms with van der Waals surface area (Å²) < 4.78 is 9.74. The second kappa shape index (κ2) is 10.8. The van der Waals surface area contributed by atoms with Crippen molar-refractivity contribution in [1.29, 1.82) is 0 Å². The van der Waals surface area contributed by atoms with Gasteiger partial charge in [0.15, 0.2) is 0 Å². The highest BCUT2D eigenvalue weighted by atomic mass is 16.5. The van der Waals surface area contributed by atoms with Gasteiger partial charge in [-0.1, -0.05) is 54.5 Å². The number of amides is 2. The summed E-state index contributed by atoms with van der Waals surface area (Å²) >= 11 is 0. The first-order valence-corrected chi connectivity index (χ1v) is 10.1. The van der Waals surface area contributed by atoms with Crippen molar-refractivity contribution in [2.24, 2.45) is 0 Å². The zero-order valence-electron chi connectivity index (χ0n) is 17.8. The third kappa shape index (κ3) is 5.89. The molecule has 0 bridgehead atoms. The van der Waals surface area contributed by atoms with Crippen molar-refractivity contribution in [1.82, 2.24) is 10.6 Å². The lowest BCUT2D eigenvalue weighted by Crippen LogP contribution is -2.42. The summed E-state index contributed by atoms with van der Waals surface area (Å²) in [5.41, 5.74) is 4.41. The summed E-state index contributed by atoms with van der Waals surface area (Å²) in [7, 11) is 1.11. The van der Waals surface area contributed by atoms with Crippen molar-refractivity contribution in [2.75, 3.05) is 20.3 Å². The Kier molecular flexibility index (Phi) is 7.65. The maximum Gasteiger partial charge on any atom is 0.407 e. The first-order valence-electron chi connectivity index (χ1n) is 10.1. The van der Waals surface area contributed by atoms with Crippen LogP contribution in [0.3, 0.4) is 0 Å². The van der Waals surface area contributed by atoms with Gasteiger partial charge in [0.1, 0.15) is 12.6 Å². The highest BCUT2D eigenvalue weighted by molar-refractivity contribution is 5.97. The fourth-order valence-corrected chi connectivity index (χ4v) is 3.53. The predicted octanol–water partition coefficient (Wildman–Crippen LogP) is 1.66. The molecule has 1 aliphatic carbocycles.